The lowest BCUT2D eigenvalue weighted by Crippen LogP contribution is -2.28. The number of carbonyl (C=O) groups excluding carboxylic acids is 1. The third kappa shape index (κ3) is 3.60. The minimum Gasteiger partial charge on any atom is -0.464 e. The molecule has 0 saturated carbocycles. The maximum atomic E-state index is 12.5. The Bertz CT molecular complexity index is 1070. The molecule has 1 amide bonds. The molecule has 27 heavy (non-hydrogen) atoms. The number of fused-ring (bicyclic) bond motifs is 1. The van der Waals surface area contributed by atoms with Crippen molar-refractivity contribution in [3.05, 3.63) is 78.1 Å². The van der Waals surface area contributed by atoms with Crippen molar-refractivity contribution in [1.29, 1.82) is 0 Å². The molecule has 0 aliphatic heterocycles. The van der Waals surface area contributed by atoms with Crippen LogP contribution >= 0.6 is 0 Å². The molecule has 0 saturated heterocycles. The normalized spacial score (nSPS) is 12.2. The number of furan rings is 1. The number of carbonyl (C=O) groups is 1. The number of benzene rings is 2. The van der Waals surface area contributed by atoms with E-state index in [1.165, 1.54) is 6.33 Å². The highest BCUT2D eigenvalue weighted by Gasteiger charge is 2.14. The Balaban J connectivity index is 1.42. The number of hydrogen-bond donors (Lipinski definition) is 1. The highest BCUT2D eigenvalue weighted by atomic mass is 16.3. The van der Waals surface area contributed by atoms with E-state index in [0.717, 1.165) is 33.3 Å². The average Bonchev–Trinajstić information content (AvgIpc) is 3.32. The van der Waals surface area contributed by atoms with Crippen molar-refractivity contribution in [2.24, 2.45) is 0 Å². The Morgan fingerprint density at radius 3 is 2.78 bits per heavy atom. The van der Waals surface area contributed by atoms with Crippen LogP contribution in [-0.2, 0) is 11.2 Å². The van der Waals surface area contributed by atoms with Crippen LogP contribution in [0.15, 0.2) is 65.8 Å². The van der Waals surface area contributed by atoms with E-state index >= 15 is 0 Å². The first-order chi connectivity index (χ1) is 13.1. The van der Waals surface area contributed by atoms with Gasteiger partial charge in [-0.05, 0) is 43.2 Å². The smallest absolute Gasteiger partial charge is 0.225 e. The first-order valence-electron chi connectivity index (χ1n) is 8.81. The van der Waals surface area contributed by atoms with Crippen molar-refractivity contribution in [2.75, 3.05) is 0 Å². The van der Waals surface area contributed by atoms with E-state index in [4.69, 9.17) is 4.42 Å². The van der Waals surface area contributed by atoms with E-state index in [1.807, 2.05) is 56.3 Å². The third-order valence-corrected chi connectivity index (χ3v) is 4.62. The summed E-state index contributed by atoms with van der Waals surface area (Å²) >= 11 is 0. The van der Waals surface area contributed by atoms with E-state index in [-0.39, 0.29) is 18.4 Å². The Morgan fingerprint density at radius 1 is 1.22 bits per heavy atom. The molecule has 0 aliphatic rings. The van der Waals surface area contributed by atoms with Gasteiger partial charge >= 0.3 is 0 Å². The van der Waals surface area contributed by atoms with Gasteiger partial charge in [-0.3, -0.25) is 4.79 Å². The molecule has 4 aromatic rings. The quantitative estimate of drug-likeness (QED) is 0.588. The lowest BCUT2D eigenvalue weighted by atomic mass is 10.1. The Morgan fingerprint density at radius 2 is 2.04 bits per heavy atom. The van der Waals surface area contributed by atoms with E-state index in [0.29, 0.717) is 0 Å². The number of amides is 1. The molecule has 0 fully saturated rings. The fourth-order valence-electron chi connectivity index (χ4n) is 3.13. The van der Waals surface area contributed by atoms with Crippen LogP contribution in [0, 0.1) is 6.92 Å². The molecule has 0 radical (unpaired) electrons. The van der Waals surface area contributed by atoms with Gasteiger partial charge in [0.2, 0.25) is 5.91 Å². The standard InChI is InChI=1S/C21H20N4O2/c1-14-3-8-19-17(11-27-20(19)9-14)10-21(26)24-15(2)16-4-6-18(7-5-16)25-13-22-12-23-25/h3-9,11-13,15H,10H2,1-2H3,(H,24,26). The fraction of sp³-hybridized carbons (Fsp3) is 0.190. The van der Waals surface area contributed by atoms with Crippen molar-refractivity contribution in [2.45, 2.75) is 26.3 Å². The number of aromatic nitrogens is 3. The van der Waals surface area contributed by atoms with Gasteiger partial charge in [-0.2, -0.15) is 5.10 Å². The van der Waals surface area contributed by atoms with Gasteiger partial charge in [-0.1, -0.05) is 24.3 Å². The van der Waals surface area contributed by atoms with Gasteiger partial charge in [-0.25, -0.2) is 9.67 Å². The fourth-order valence-corrected chi connectivity index (χ4v) is 3.13. The Hall–Kier alpha value is -3.41. The molecule has 6 nitrogen and oxygen atoms in total. The van der Waals surface area contributed by atoms with E-state index in [2.05, 4.69) is 15.4 Å². The molecule has 2 aromatic carbocycles. The van der Waals surface area contributed by atoms with Gasteiger partial charge in [0.1, 0.15) is 18.2 Å². The molecule has 4 rings (SSSR count). The summed E-state index contributed by atoms with van der Waals surface area (Å²) in [5.41, 5.74) is 4.80. The summed E-state index contributed by atoms with van der Waals surface area (Å²) in [6, 6.07) is 13.8. The highest BCUT2D eigenvalue weighted by molar-refractivity contribution is 5.88. The first kappa shape index (κ1) is 17.0. The zero-order valence-electron chi connectivity index (χ0n) is 15.2. The van der Waals surface area contributed by atoms with Crippen LogP contribution in [0.1, 0.15) is 29.7 Å². The number of rotatable bonds is 5. The molecule has 1 N–H and O–H groups in total. The zero-order chi connectivity index (χ0) is 18.8. The van der Waals surface area contributed by atoms with Gasteiger partial charge in [-0.15, -0.1) is 0 Å². The molecule has 2 aromatic heterocycles. The number of hydrogen-bond acceptors (Lipinski definition) is 4. The minimum absolute atomic E-state index is 0.0360. The third-order valence-electron chi connectivity index (χ3n) is 4.62. The zero-order valence-corrected chi connectivity index (χ0v) is 15.2. The summed E-state index contributed by atoms with van der Waals surface area (Å²) in [5, 5.41) is 8.14. The molecule has 0 bridgehead atoms. The van der Waals surface area contributed by atoms with Gasteiger partial charge in [0.25, 0.3) is 0 Å². The predicted octanol–water partition coefficient (Wildman–Crippen LogP) is 3.74. The van der Waals surface area contributed by atoms with Crippen molar-refractivity contribution in [3.63, 3.8) is 0 Å². The van der Waals surface area contributed by atoms with E-state index in [1.54, 1.807) is 17.3 Å². The monoisotopic (exact) mass is 360 g/mol. The first-order valence-corrected chi connectivity index (χ1v) is 8.81. The summed E-state index contributed by atoms with van der Waals surface area (Å²) in [6.07, 6.45) is 5.10. The van der Waals surface area contributed by atoms with Gasteiger partial charge < -0.3 is 9.73 Å². The van der Waals surface area contributed by atoms with Gasteiger partial charge in [0.15, 0.2) is 0 Å². The molecule has 0 aliphatic carbocycles. The Kier molecular flexibility index (Phi) is 4.46. The summed E-state index contributed by atoms with van der Waals surface area (Å²) in [7, 11) is 0. The maximum Gasteiger partial charge on any atom is 0.225 e. The van der Waals surface area contributed by atoms with Crippen LogP contribution in [0.5, 0.6) is 0 Å². The number of aryl methyl sites for hydroxylation is 1. The largest absolute Gasteiger partial charge is 0.464 e. The molecule has 6 heteroatoms. The molecule has 136 valence electrons. The minimum atomic E-state index is -0.0947. The van der Waals surface area contributed by atoms with Crippen molar-refractivity contribution in [1.82, 2.24) is 20.1 Å². The van der Waals surface area contributed by atoms with Crippen molar-refractivity contribution >= 4 is 16.9 Å². The summed E-state index contributed by atoms with van der Waals surface area (Å²) in [6.45, 7) is 3.99. The van der Waals surface area contributed by atoms with E-state index in [9.17, 15) is 4.79 Å². The molecule has 1 unspecified atom stereocenters. The second-order valence-electron chi connectivity index (χ2n) is 6.66. The second kappa shape index (κ2) is 7.07. The summed E-state index contributed by atoms with van der Waals surface area (Å²) < 4.78 is 7.27. The van der Waals surface area contributed by atoms with E-state index < -0.39 is 0 Å². The second-order valence-corrected chi connectivity index (χ2v) is 6.66. The van der Waals surface area contributed by atoms with Crippen LogP contribution in [0.2, 0.25) is 0 Å². The lowest BCUT2D eigenvalue weighted by molar-refractivity contribution is -0.121. The van der Waals surface area contributed by atoms with Crippen LogP contribution in [0.3, 0.4) is 0 Å². The molecule has 2 heterocycles. The van der Waals surface area contributed by atoms with Crippen molar-refractivity contribution in [3.8, 4) is 5.69 Å². The average molecular weight is 360 g/mol. The van der Waals surface area contributed by atoms with Gasteiger partial charge in [0, 0.05) is 10.9 Å². The van der Waals surface area contributed by atoms with Crippen LogP contribution < -0.4 is 5.32 Å². The van der Waals surface area contributed by atoms with Crippen LogP contribution in [0.25, 0.3) is 16.7 Å². The highest BCUT2D eigenvalue weighted by Crippen LogP contribution is 2.23. The molecular weight excluding hydrogens is 340 g/mol. The van der Waals surface area contributed by atoms with Crippen LogP contribution in [0.4, 0.5) is 0 Å². The van der Waals surface area contributed by atoms with Crippen LogP contribution in [-0.4, -0.2) is 20.7 Å². The molecular formula is C21H20N4O2. The van der Waals surface area contributed by atoms with Crippen molar-refractivity contribution < 1.29 is 9.21 Å². The summed E-state index contributed by atoms with van der Waals surface area (Å²) in [5.74, 6) is -0.0360. The van der Waals surface area contributed by atoms with Gasteiger partial charge in [0.05, 0.1) is 24.4 Å². The maximum absolute atomic E-state index is 12.5. The molecule has 0 spiro atoms. The summed E-state index contributed by atoms with van der Waals surface area (Å²) in [4.78, 5) is 16.4. The lowest BCUT2D eigenvalue weighted by Gasteiger charge is -2.14. The number of nitrogens with one attached hydrogen (secondary N) is 1. The SMILES string of the molecule is Cc1ccc2c(CC(=O)NC(C)c3ccc(-n4cncn4)cc3)coc2c1. The Labute approximate surface area is 156 Å². The predicted molar refractivity (Wildman–Crippen MR) is 103 cm³/mol. The topological polar surface area (TPSA) is 73.0 Å². The molecule has 1 atom stereocenters. The number of nitrogens with zero attached hydrogens (tertiary/aromatic N) is 3.